The van der Waals surface area contributed by atoms with Crippen molar-refractivity contribution >= 4 is 15.9 Å². The number of nitrogens with one attached hydrogen (secondary N) is 1. The molecule has 0 fully saturated rings. The third-order valence-electron chi connectivity index (χ3n) is 3.49. The van der Waals surface area contributed by atoms with Crippen molar-refractivity contribution in [3.05, 3.63) is 64.1 Å². The van der Waals surface area contributed by atoms with Crippen LogP contribution in [0, 0.1) is 0 Å². The molecule has 0 heterocycles. The van der Waals surface area contributed by atoms with Gasteiger partial charge in [0.25, 0.3) is 0 Å². The second-order valence-corrected chi connectivity index (χ2v) is 7.35. The van der Waals surface area contributed by atoms with Crippen molar-refractivity contribution in [1.82, 2.24) is 5.32 Å². The van der Waals surface area contributed by atoms with Gasteiger partial charge in [-0.1, -0.05) is 67.0 Å². The summed E-state index contributed by atoms with van der Waals surface area (Å²) in [5, 5.41) is 3.41. The highest BCUT2D eigenvalue weighted by atomic mass is 79.9. The summed E-state index contributed by atoms with van der Waals surface area (Å²) < 4.78 is 6.73. The lowest BCUT2D eigenvalue weighted by Crippen LogP contribution is -2.20. The van der Waals surface area contributed by atoms with Crippen LogP contribution in [0.2, 0.25) is 0 Å². The highest BCUT2D eigenvalue weighted by Crippen LogP contribution is 2.22. The van der Waals surface area contributed by atoms with Crippen LogP contribution in [0.1, 0.15) is 31.9 Å². The van der Waals surface area contributed by atoms with Gasteiger partial charge in [-0.3, -0.25) is 0 Å². The summed E-state index contributed by atoms with van der Waals surface area (Å²) in [6, 6.07) is 16.7. The Balaban J connectivity index is 1.70. The number of hydrogen-bond acceptors (Lipinski definition) is 2. The van der Waals surface area contributed by atoms with Crippen LogP contribution in [0.3, 0.4) is 0 Å². The minimum absolute atomic E-state index is 0.212. The number of rotatable bonds is 6. The minimum atomic E-state index is 0.212. The van der Waals surface area contributed by atoms with E-state index in [-0.39, 0.29) is 5.41 Å². The fourth-order valence-corrected chi connectivity index (χ4v) is 2.53. The van der Waals surface area contributed by atoms with Crippen molar-refractivity contribution < 1.29 is 4.74 Å². The second kappa shape index (κ2) is 7.80. The molecule has 1 N–H and O–H groups in total. The first-order chi connectivity index (χ1) is 10.4. The van der Waals surface area contributed by atoms with Gasteiger partial charge >= 0.3 is 0 Å². The summed E-state index contributed by atoms with van der Waals surface area (Å²) in [5.74, 6) is 0.894. The van der Waals surface area contributed by atoms with Gasteiger partial charge in [0.1, 0.15) is 12.4 Å². The normalized spacial score (nSPS) is 11.5. The predicted octanol–water partition coefficient (Wildman–Crippen LogP) is 4.92. The largest absolute Gasteiger partial charge is 0.492 e. The Kier molecular flexibility index (Phi) is 6.04. The molecule has 0 bridgehead atoms. The summed E-state index contributed by atoms with van der Waals surface area (Å²) in [7, 11) is 0. The molecule has 2 rings (SSSR count). The van der Waals surface area contributed by atoms with E-state index in [2.05, 4.69) is 66.3 Å². The molecule has 2 nitrogen and oxygen atoms in total. The Morgan fingerprint density at radius 1 is 1.05 bits per heavy atom. The summed E-state index contributed by atoms with van der Waals surface area (Å²) in [5.41, 5.74) is 2.88. The Hall–Kier alpha value is -1.32. The lowest BCUT2D eigenvalue weighted by molar-refractivity contribution is 0.313. The first-order valence-electron chi connectivity index (χ1n) is 7.64. The molecule has 2 aromatic rings. The van der Waals surface area contributed by atoms with Gasteiger partial charge in [0.2, 0.25) is 0 Å². The maximum absolute atomic E-state index is 5.70. The highest BCUT2D eigenvalue weighted by Gasteiger charge is 2.12. The molecule has 0 saturated carbocycles. The van der Waals surface area contributed by atoms with E-state index in [0.29, 0.717) is 6.61 Å². The predicted molar refractivity (Wildman–Crippen MR) is 96.5 cm³/mol. The average Bonchev–Trinajstić information content (AvgIpc) is 2.46. The topological polar surface area (TPSA) is 21.3 Å². The van der Waals surface area contributed by atoms with E-state index >= 15 is 0 Å². The van der Waals surface area contributed by atoms with E-state index < -0.39 is 0 Å². The third-order valence-corrected chi connectivity index (χ3v) is 3.99. The van der Waals surface area contributed by atoms with Crippen LogP contribution >= 0.6 is 15.9 Å². The fourth-order valence-electron chi connectivity index (χ4n) is 2.15. The van der Waals surface area contributed by atoms with E-state index in [1.165, 1.54) is 11.1 Å². The van der Waals surface area contributed by atoms with Crippen molar-refractivity contribution in [3.8, 4) is 5.75 Å². The quantitative estimate of drug-likeness (QED) is 0.737. The lowest BCUT2D eigenvalue weighted by atomic mass is 9.87. The van der Waals surface area contributed by atoms with Crippen LogP contribution in [0.4, 0.5) is 0 Å². The van der Waals surface area contributed by atoms with Crippen LogP contribution in [0.5, 0.6) is 5.75 Å². The summed E-state index contributed by atoms with van der Waals surface area (Å²) in [6.07, 6.45) is 0. The van der Waals surface area contributed by atoms with E-state index in [0.717, 1.165) is 23.3 Å². The van der Waals surface area contributed by atoms with E-state index in [1.807, 2.05) is 24.3 Å². The van der Waals surface area contributed by atoms with Crippen LogP contribution in [-0.2, 0) is 12.0 Å². The first kappa shape index (κ1) is 17.0. The monoisotopic (exact) mass is 361 g/mol. The lowest BCUT2D eigenvalue weighted by Gasteiger charge is -2.19. The molecule has 0 aliphatic rings. The van der Waals surface area contributed by atoms with Gasteiger partial charge in [0, 0.05) is 17.6 Å². The molecule has 3 heteroatoms. The number of benzene rings is 2. The maximum Gasteiger partial charge on any atom is 0.120 e. The minimum Gasteiger partial charge on any atom is -0.492 e. The van der Waals surface area contributed by atoms with Crippen molar-refractivity contribution in [3.63, 3.8) is 0 Å². The molecule has 118 valence electrons. The molecule has 22 heavy (non-hydrogen) atoms. The first-order valence-corrected chi connectivity index (χ1v) is 8.43. The molecule has 0 aliphatic heterocycles. The molecule has 0 saturated heterocycles. The van der Waals surface area contributed by atoms with Crippen LogP contribution in [0.15, 0.2) is 53.0 Å². The van der Waals surface area contributed by atoms with Gasteiger partial charge in [0.15, 0.2) is 0 Å². The smallest absolute Gasteiger partial charge is 0.120 e. The van der Waals surface area contributed by atoms with E-state index in [9.17, 15) is 0 Å². The molecule has 0 spiro atoms. The van der Waals surface area contributed by atoms with Gasteiger partial charge in [-0.15, -0.1) is 0 Å². The van der Waals surface area contributed by atoms with Gasteiger partial charge in [-0.05, 0) is 34.7 Å². The SMILES string of the molecule is CC(C)(C)c1ccc(CNCCOc2cccc(Br)c2)cc1. The molecule has 0 amide bonds. The average molecular weight is 362 g/mol. The van der Waals surface area contributed by atoms with Crippen molar-refractivity contribution in [2.75, 3.05) is 13.2 Å². The summed E-state index contributed by atoms with van der Waals surface area (Å²) in [6.45, 7) is 9.06. The molecule has 0 aliphatic carbocycles. The molecular formula is C19H24BrNO. The highest BCUT2D eigenvalue weighted by molar-refractivity contribution is 9.10. The van der Waals surface area contributed by atoms with Crippen LogP contribution in [0.25, 0.3) is 0 Å². The van der Waals surface area contributed by atoms with Crippen molar-refractivity contribution in [2.45, 2.75) is 32.7 Å². The second-order valence-electron chi connectivity index (χ2n) is 6.43. The zero-order valence-electron chi connectivity index (χ0n) is 13.5. The number of ether oxygens (including phenoxy) is 1. The zero-order valence-corrected chi connectivity index (χ0v) is 15.1. The zero-order chi connectivity index (χ0) is 16.0. The van der Waals surface area contributed by atoms with Gasteiger partial charge < -0.3 is 10.1 Å². The van der Waals surface area contributed by atoms with Crippen LogP contribution < -0.4 is 10.1 Å². The van der Waals surface area contributed by atoms with Crippen LogP contribution in [-0.4, -0.2) is 13.2 Å². The number of halogens is 1. The Morgan fingerprint density at radius 3 is 2.41 bits per heavy atom. The van der Waals surface area contributed by atoms with E-state index in [4.69, 9.17) is 4.74 Å². The van der Waals surface area contributed by atoms with Crippen molar-refractivity contribution in [2.24, 2.45) is 0 Å². The van der Waals surface area contributed by atoms with Gasteiger partial charge in [-0.25, -0.2) is 0 Å². The van der Waals surface area contributed by atoms with E-state index in [1.54, 1.807) is 0 Å². The standard InChI is InChI=1S/C19H24BrNO/c1-19(2,3)16-9-7-15(8-10-16)14-21-11-12-22-18-6-4-5-17(20)13-18/h4-10,13,21H,11-12,14H2,1-3H3. The molecule has 0 radical (unpaired) electrons. The Morgan fingerprint density at radius 2 is 1.77 bits per heavy atom. The van der Waals surface area contributed by atoms with Gasteiger partial charge in [0.05, 0.1) is 0 Å². The maximum atomic E-state index is 5.70. The Bertz CT molecular complexity index is 587. The molecule has 0 atom stereocenters. The fraction of sp³-hybridized carbons (Fsp3) is 0.368. The summed E-state index contributed by atoms with van der Waals surface area (Å²) >= 11 is 3.44. The molecule has 0 unspecified atom stereocenters. The number of hydrogen-bond donors (Lipinski definition) is 1. The van der Waals surface area contributed by atoms with Crippen molar-refractivity contribution in [1.29, 1.82) is 0 Å². The molecule has 0 aromatic heterocycles. The third kappa shape index (κ3) is 5.47. The molecular weight excluding hydrogens is 338 g/mol. The Labute approximate surface area is 142 Å². The summed E-state index contributed by atoms with van der Waals surface area (Å²) in [4.78, 5) is 0. The molecule has 2 aromatic carbocycles. The van der Waals surface area contributed by atoms with Gasteiger partial charge in [-0.2, -0.15) is 0 Å².